The first kappa shape index (κ1) is 14.8. The van der Waals surface area contributed by atoms with Crippen LogP contribution in [0.4, 0.5) is 0 Å². The lowest BCUT2D eigenvalue weighted by atomic mass is 10.0. The van der Waals surface area contributed by atoms with Gasteiger partial charge in [-0.25, -0.2) is 9.67 Å². The highest BCUT2D eigenvalue weighted by Crippen LogP contribution is 2.18. The first-order valence-electron chi connectivity index (χ1n) is 7.36. The maximum atomic E-state index is 12.9. The van der Waals surface area contributed by atoms with Gasteiger partial charge in [0.1, 0.15) is 0 Å². The van der Waals surface area contributed by atoms with Crippen molar-refractivity contribution in [3.63, 3.8) is 0 Å². The fourth-order valence-corrected chi connectivity index (χ4v) is 3.33. The first-order valence-corrected chi connectivity index (χ1v) is 8.16. The summed E-state index contributed by atoms with van der Waals surface area (Å²) in [6.07, 6.45) is 0. The van der Waals surface area contributed by atoms with E-state index in [1.165, 1.54) is 4.68 Å². The van der Waals surface area contributed by atoms with E-state index in [-0.39, 0.29) is 11.5 Å². The normalized spacial score (nSPS) is 13.1. The number of aromatic amines is 1. The Kier molecular flexibility index (Phi) is 3.35. The van der Waals surface area contributed by atoms with E-state index in [9.17, 15) is 9.59 Å². The summed E-state index contributed by atoms with van der Waals surface area (Å²) in [6, 6.07) is 14.6. The highest BCUT2D eigenvalue weighted by atomic mass is 79.9. The van der Waals surface area contributed by atoms with Gasteiger partial charge >= 0.3 is 0 Å². The second-order valence-electron chi connectivity index (χ2n) is 5.54. The molecular formula is C18H12BrN3O2. The number of halogens is 1. The molecule has 0 saturated heterocycles. The Morgan fingerprint density at radius 1 is 1.08 bits per heavy atom. The van der Waals surface area contributed by atoms with Crippen LogP contribution in [0, 0.1) is 6.92 Å². The Morgan fingerprint density at radius 2 is 1.88 bits per heavy atom. The molecule has 118 valence electrons. The van der Waals surface area contributed by atoms with E-state index in [0.29, 0.717) is 33.1 Å². The number of H-pyrrole nitrogens is 1. The maximum Gasteiger partial charge on any atom is 0.279 e. The van der Waals surface area contributed by atoms with E-state index in [1.807, 2.05) is 42.5 Å². The van der Waals surface area contributed by atoms with Crippen LogP contribution in [0.5, 0.6) is 0 Å². The quantitative estimate of drug-likeness (QED) is 0.732. The number of carbonyl (C=O) groups is 1. The molecule has 2 heterocycles. The highest BCUT2D eigenvalue weighted by Gasteiger charge is 2.25. The van der Waals surface area contributed by atoms with Gasteiger partial charge in [-0.3, -0.25) is 14.7 Å². The van der Waals surface area contributed by atoms with Crippen molar-refractivity contribution < 1.29 is 4.79 Å². The third kappa shape index (κ3) is 2.18. The number of hydrogen-bond donors (Lipinski definition) is 1. The Balaban J connectivity index is 2.02. The lowest BCUT2D eigenvalue weighted by molar-refractivity contribution is -0.112. The Hall–Kier alpha value is -2.73. The molecule has 1 N–H and O–H groups in total. The summed E-state index contributed by atoms with van der Waals surface area (Å²) in [6.45, 7) is 1.78. The third-order valence-corrected chi connectivity index (χ3v) is 4.49. The average molecular weight is 382 g/mol. The van der Waals surface area contributed by atoms with E-state index >= 15 is 0 Å². The second-order valence-corrected chi connectivity index (χ2v) is 6.46. The molecule has 5 nitrogen and oxygen atoms in total. The van der Waals surface area contributed by atoms with Crippen LogP contribution < -0.4 is 16.1 Å². The number of aromatic nitrogens is 2. The van der Waals surface area contributed by atoms with Crippen molar-refractivity contribution in [1.82, 2.24) is 9.78 Å². The summed E-state index contributed by atoms with van der Waals surface area (Å²) in [5, 5.41) is 4.35. The van der Waals surface area contributed by atoms with Crippen molar-refractivity contribution in [2.24, 2.45) is 4.99 Å². The predicted molar refractivity (Wildman–Crippen MR) is 93.6 cm³/mol. The van der Waals surface area contributed by atoms with Crippen LogP contribution in [0.2, 0.25) is 0 Å². The van der Waals surface area contributed by atoms with E-state index in [2.05, 4.69) is 26.0 Å². The van der Waals surface area contributed by atoms with Gasteiger partial charge in [-0.1, -0.05) is 40.2 Å². The molecule has 1 aliphatic heterocycles. The molecule has 1 aromatic heterocycles. The lowest BCUT2D eigenvalue weighted by Gasteiger charge is -2.01. The van der Waals surface area contributed by atoms with Crippen LogP contribution in [0.3, 0.4) is 0 Å². The van der Waals surface area contributed by atoms with E-state index in [1.54, 1.807) is 13.0 Å². The number of nitrogens with one attached hydrogen (secondary N) is 1. The number of amides is 1. The Bertz CT molecular complexity index is 1170. The first-order chi connectivity index (χ1) is 11.6. The van der Waals surface area contributed by atoms with Gasteiger partial charge < -0.3 is 0 Å². The molecule has 1 amide bonds. The molecule has 0 saturated carbocycles. The van der Waals surface area contributed by atoms with Crippen LogP contribution in [0.25, 0.3) is 11.3 Å². The predicted octanol–water partition coefficient (Wildman–Crippen LogP) is 1.60. The monoisotopic (exact) mass is 381 g/mol. The molecule has 4 rings (SSSR count). The molecule has 3 aromatic rings. The number of nitrogens with zero attached hydrogens (tertiary/aromatic N) is 2. The van der Waals surface area contributed by atoms with Gasteiger partial charge in [-0.2, -0.15) is 0 Å². The number of aryl methyl sites for hydroxylation is 1. The van der Waals surface area contributed by atoms with Crippen LogP contribution in [-0.2, 0) is 4.79 Å². The molecule has 0 unspecified atom stereocenters. The summed E-state index contributed by atoms with van der Waals surface area (Å²) < 4.78 is 2.31. The minimum atomic E-state index is -0.378. The van der Waals surface area contributed by atoms with Crippen molar-refractivity contribution in [2.75, 3.05) is 0 Å². The Labute approximate surface area is 145 Å². The summed E-state index contributed by atoms with van der Waals surface area (Å²) >= 11 is 3.40. The molecule has 0 bridgehead atoms. The Morgan fingerprint density at radius 3 is 2.67 bits per heavy atom. The molecule has 2 aromatic carbocycles. The largest absolute Gasteiger partial charge is 0.295 e. The van der Waals surface area contributed by atoms with Gasteiger partial charge in [0.25, 0.3) is 11.5 Å². The molecule has 0 spiro atoms. The van der Waals surface area contributed by atoms with Gasteiger partial charge in [0.15, 0.2) is 0 Å². The summed E-state index contributed by atoms with van der Waals surface area (Å²) in [7, 11) is 0. The molecular weight excluding hydrogens is 370 g/mol. The zero-order valence-electron chi connectivity index (χ0n) is 12.7. The minimum Gasteiger partial charge on any atom is -0.295 e. The molecule has 0 atom stereocenters. The number of para-hydroxylation sites is 1. The highest BCUT2D eigenvalue weighted by molar-refractivity contribution is 9.10. The molecule has 0 radical (unpaired) electrons. The number of rotatable bonds is 2. The van der Waals surface area contributed by atoms with Crippen LogP contribution >= 0.6 is 15.9 Å². The van der Waals surface area contributed by atoms with Crippen LogP contribution in [0.15, 0.2) is 62.8 Å². The number of carbonyl (C=O) groups excluding carboxylic acids is 1. The zero-order valence-corrected chi connectivity index (χ0v) is 14.3. The zero-order chi connectivity index (χ0) is 16.8. The molecule has 0 aliphatic carbocycles. The SMILES string of the molecule is Cc1[nH]n(-c2cccc(Br)c2)c(=O)c1C1=c2ccccc2=NC1=O. The van der Waals surface area contributed by atoms with Gasteiger partial charge in [0.2, 0.25) is 0 Å². The molecule has 24 heavy (non-hydrogen) atoms. The smallest absolute Gasteiger partial charge is 0.279 e. The van der Waals surface area contributed by atoms with Gasteiger partial charge in [-0.15, -0.1) is 0 Å². The standard InChI is InChI=1S/C18H12BrN3O2/c1-10-15(16-13-7-2-3-8-14(13)20-17(16)23)18(24)22(21-10)12-6-4-5-11(19)9-12/h2-9,21H,1H3. The average Bonchev–Trinajstić information content (AvgIpc) is 3.03. The van der Waals surface area contributed by atoms with Crippen molar-refractivity contribution >= 4 is 27.4 Å². The summed E-state index contributed by atoms with van der Waals surface area (Å²) in [4.78, 5) is 29.4. The van der Waals surface area contributed by atoms with Crippen molar-refractivity contribution in [1.29, 1.82) is 0 Å². The fraction of sp³-hybridized carbons (Fsp3) is 0.0556. The van der Waals surface area contributed by atoms with E-state index < -0.39 is 0 Å². The van der Waals surface area contributed by atoms with Gasteiger partial charge in [0, 0.05) is 15.4 Å². The number of fused-ring (bicyclic) bond motifs is 1. The second kappa shape index (κ2) is 5.42. The topological polar surface area (TPSA) is 67.2 Å². The number of hydrogen-bond acceptors (Lipinski definition) is 2. The molecule has 1 aliphatic rings. The van der Waals surface area contributed by atoms with Gasteiger partial charge in [0.05, 0.1) is 22.2 Å². The summed E-state index contributed by atoms with van der Waals surface area (Å²) in [5.41, 5.74) is 1.79. The minimum absolute atomic E-state index is 0.263. The van der Waals surface area contributed by atoms with Gasteiger partial charge in [-0.05, 0) is 31.2 Å². The molecule has 6 heteroatoms. The number of benzene rings is 2. The summed E-state index contributed by atoms with van der Waals surface area (Å²) in [5.74, 6) is -0.378. The van der Waals surface area contributed by atoms with Crippen molar-refractivity contribution in [3.05, 3.63) is 85.2 Å². The van der Waals surface area contributed by atoms with E-state index in [0.717, 1.165) is 4.47 Å². The lowest BCUT2D eigenvalue weighted by Crippen LogP contribution is -2.25. The van der Waals surface area contributed by atoms with Crippen molar-refractivity contribution in [2.45, 2.75) is 6.92 Å². The van der Waals surface area contributed by atoms with Crippen molar-refractivity contribution in [3.8, 4) is 5.69 Å². The van der Waals surface area contributed by atoms with Crippen LogP contribution in [0.1, 0.15) is 11.3 Å². The van der Waals surface area contributed by atoms with E-state index in [4.69, 9.17) is 0 Å². The fourth-order valence-electron chi connectivity index (χ4n) is 2.94. The van der Waals surface area contributed by atoms with Crippen LogP contribution in [-0.4, -0.2) is 15.7 Å². The molecule has 0 fully saturated rings. The third-order valence-electron chi connectivity index (χ3n) is 4.00. The maximum absolute atomic E-state index is 12.9.